The minimum absolute atomic E-state index is 0.331. The van der Waals surface area contributed by atoms with Gasteiger partial charge in [0.25, 0.3) is 0 Å². The van der Waals surface area contributed by atoms with Crippen molar-refractivity contribution in [2.24, 2.45) is 0 Å². The first kappa shape index (κ1) is 10.1. The minimum Gasteiger partial charge on any atom is -0.466 e. The molecule has 0 saturated carbocycles. The molecule has 1 rings (SSSR count). The highest BCUT2D eigenvalue weighted by Crippen LogP contribution is 1.99. The van der Waals surface area contributed by atoms with E-state index in [2.05, 4.69) is 9.72 Å². The second-order valence-electron chi connectivity index (χ2n) is 2.46. The third-order valence-electron chi connectivity index (χ3n) is 1.50. The standard InChI is InChI=1S/C10H9NO3/c1-14-10(13)6-5-8-3-2-4-9(7-12)11-8/h2-7H,1H3. The lowest BCUT2D eigenvalue weighted by Crippen LogP contribution is -1.94. The zero-order valence-electron chi connectivity index (χ0n) is 7.64. The molecule has 1 heterocycles. The molecule has 1 aromatic rings. The zero-order chi connectivity index (χ0) is 10.4. The van der Waals surface area contributed by atoms with Gasteiger partial charge in [0.2, 0.25) is 0 Å². The molecule has 0 aliphatic heterocycles. The Bertz CT molecular complexity index is 371. The topological polar surface area (TPSA) is 56.3 Å². The van der Waals surface area contributed by atoms with Crippen LogP contribution in [0.3, 0.4) is 0 Å². The number of aldehydes is 1. The van der Waals surface area contributed by atoms with Gasteiger partial charge in [0, 0.05) is 6.08 Å². The van der Waals surface area contributed by atoms with Crippen molar-refractivity contribution in [2.75, 3.05) is 7.11 Å². The molecule has 0 atom stereocenters. The number of carbonyl (C=O) groups is 2. The Labute approximate surface area is 81.2 Å². The van der Waals surface area contributed by atoms with E-state index in [9.17, 15) is 9.59 Å². The molecule has 0 fully saturated rings. The van der Waals surface area contributed by atoms with E-state index in [1.807, 2.05) is 0 Å². The number of methoxy groups -OCH3 is 1. The van der Waals surface area contributed by atoms with Crippen LogP contribution in [0.25, 0.3) is 6.08 Å². The van der Waals surface area contributed by atoms with Gasteiger partial charge < -0.3 is 4.74 Å². The van der Waals surface area contributed by atoms with Crippen LogP contribution in [0.15, 0.2) is 24.3 Å². The Morgan fingerprint density at radius 1 is 1.43 bits per heavy atom. The Kier molecular flexibility index (Phi) is 3.55. The molecular formula is C10H9NO3. The van der Waals surface area contributed by atoms with E-state index in [0.717, 1.165) is 0 Å². The third-order valence-corrected chi connectivity index (χ3v) is 1.50. The summed E-state index contributed by atoms with van der Waals surface area (Å²) in [5.41, 5.74) is 0.872. The molecule has 0 aromatic carbocycles. The summed E-state index contributed by atoms with van der Waals surface area (Å²) < 4.78 is 4.41. The van der Waals surface area contributed by atoms with Gasteiger partial charge in [-0.2, -0.15) is 0 Å². The molecule has 0 N–H and O–H groups in total. The molecule has 0 radical (unpaired) electrons. The Balaban J connectivity index is 2.81. The summed E-state index contributed by atoms with van der Waals surface area (Å²) in [5, 5.41) is 0. The van der Waals surface area contributed by atoms with Gasteiger partial charge in [-0.25, -0.2) is 9.78 Å². The molecule has 0 bridgehead atoms. The smallest absolute Gasteiger partial charge is 0.330 e. The normalized spacial score (nSPS) is 10.1. The van der Waals surface area contributed by atoms with Gasteiger partial charge in [-0.1, -0.05) is 6.07 Å². The molecule has 0 aliphatic rings. The number of aromatic nitrogens is 1. The molecule has 72 valence electrons. The largest absolute Gasteiger partial charge is 0.466 e. The van der Waals surface area contributed by atoms with Crippen molar-refractivity contribution in [3.8, 4) is 0 Å². The van der Waals surface area contributed by atoms with Crippen molar-refractivity contribution in [1.82, 2.24) is 4.98 Å². The van der Waals surface area contributed by atoms with Crippen LogP contribution in [0.5, 0.6) is 0 Å². The van der Waals surface area contributed by atoms with Crippen molar-refractivity contribution < 1.29 is 14.3 Å². The van der Waals surface area contributed by atoms with E-state index in [1.165, 1.54) is 19.3 Å². The summed E-state index contributed by atoms with van der Waals surface area (Å²) >= 11 is 0. The monoisotopic (exact) mass is 191 g/mol. The summed E-state index contributed by atoms with van der Waals surface area (Å²) in [6, 6.07) is 4.96. The molecule has 14 heavy (non-hydrogen) atoms. The van der Waals surface area contributed by atoms with Crippen LogP contribution in [-0.4, -0.2) is 24.3 Å². The first-order chi connectivity index (χ1) is 6.76. The Morgan fingerprint density at radius 3 is 2.79 bits per heavy atom. The van der Waals surface area contributed by atoms with Gasteiger partial charge in [-0.05, 0) is 18.2 Å². The molecular weight excluding hydrogens is 182 g/mol. The molecule has 0 aliphatic carbocycles. The molecule has 0 unspecified atom stereocenters. The van der Waals surface area contributed by atoms with Crippen molar-refractivity contribution >= 4 is 18.3 Å². The van der Waals surface area contributed by atoms with E-state index in [4.69, 9.17) is 0 Å². The lowest BCUT2D eigenvalue weighted by molar-refractivity contribution is -0.134. The minimum atomic E-state index is -0.455. The van der Waals surface area contributed by atoms with Crippen molar-refractivity contribution in [3.05, 3.63) is 35.7 Å². The summed E-state index contributed by atoms with van der Waals surface area (Å²) in [6.07, 6.45) is 3.38. The highest BCUT2D eigenvalue weighted by Gasteiger charge is 1.94. The second kappa shape index (κ2) is 4.91. The van der Waals surface area contributed by atoms with Gasteiger partial charge in [0.05, 0.1) is 12.8 Å². The zero-order valence-corrected chi connectivity index (χ0v) is 7.64. The summed E-state index contributed by atoms with van der Waals surface area (Å²) in [6.45, 7) is 0. The number of nitrogens with zero attached hydrogens (tertiary/aromatic N) is 1. The predicted molar refractivity (Wildman–Crippen MR) is 50.7 cm³/mol. The van der Waals surface area contributed by atoms with E-state index in [0.29, 0.717) is 17.7 Å². The van der Waals surface area contributed by atoms with Gasteiger partial charge in [-0.3, -0.25) is 4.79 Å². The predicted octanol–water partition coefficient (Wildman–Crippen LogP) is 1.08. The molecule has 0 spiro atoms. The van der Waals surface area contributed by atoms with E-state index < -0.39 is 5.97 Å². The van der Waals surface area contributed by atoms with Gasteiger partial charge in [0.15, 0.2) is 6.29 Å². The number of pyridine rings is 1. The highest BCUT2D eigenvalue weighted by atomic mass is 16.5. The molecule has 4 heteroatoms. The summed E-state index contributed by atoms with van der Waals surface area (Å²) in [4.78, 5) is 25.0. The van der Waals surface area contributed by atoms with Crippen molar-refractivity contribution in [3.63, 3.8) is 0 Å². The maximum atomic E-state index is 10.7. The number of hydrogen-bond donors (Lipinski definition) is 0. The molecule has 0 amide bonds. The van der Waals surface area contributed by atoms with Crippen molar-refractivity contribution in [1.29, 1.82) is 0 Å². The van der Waals surface area contributed by atoms with Crippen LogP contribution in [0.2, 0.25) is 0 Å². The number of esters is 1. The lowest BCUT2D eigenvalue weighted by Gasteiger charge is -1.93. The van der Waals surface area contributed by atoms with Crippen LogP contribution < -0.4 is 0 Å². The van der Waals surface area contributed by atoms with Gasteiger partial charge in [0.1, 0.15) is 5.69 Å². The summed E-state index contributed by atoms with van der Waals surface area (Å²) in [7, 11) is 1.29. The fourth-order valence-corrected chi connectivity index (χ4v) is 0.849. The highest BCUT2D eigenvalue weighted by molar-refractivity contribution is 5.86. The number of hydrogen-bond acceptors (Lipinski definition) is 4. The first-order valence-corrected chi connectivity index (χ1v) is 3.94. The van der Waals surface area contributed by atoms with Crippen LogP contribution in [0.4, 0.5) is 0 Å². The van der Waals surface area contributed by atoms with Crippen LogP contribution in [0, 0.1) is 0 Å². The van der Waals surface area contributed by atoms with Gasteiger partial charge >= 0.3 is 5.97 Å². The average Bonchev–Trinajstić information content (AvgIpc) is 2.26. The summed E-state index contributed by atoms with van der Waals surface area (Å²) in [5.74, 6) is -0.455. The first-order valence-electron chi connectivity index (χ1n) is 3.94. The fraction of sp³-hybridized carbons (Fsp3) is 0.100. The fourth-order valence-electron chi connectivity index (χ4n) is 0.849. The van der Waals surface area contributed by atoms with E-state index >= 15 is 0 Å². The molecule has 1 aromatic heterocycles. The van der Waals surface area contributed by atoms with Crippen LogP contribution >= 0.6 is 0 Å². The Morgan fingerprint density at radius 2 is 2.14 bits per heavy atom. The lowest BCUT2D eigenvalue weighted by atomic mass is 10.3. The van der Waals surface area contributed by atoms with E-state index in [-0.39, 0.29) is 0 Å². The maximum absolute atomic E-state index is 10.7. The second-order valence-corrected chi connectivity index (χ2v) is 2.46. The Hall–Kier alpha value is -1.97. The van der Waals surface area contributed by atoms with E-state index in [1.54, 1.807) is 18.2 Å². The number of rotatable bonds is 3. The maximum Gasteiger partial charge on any atom is 0.330 e. The SMILES string of the molecule is COC(=O)C=Cc1cccc(C=O)n1. The van der Waals surface area contributed by atoms with Crippen LogP contribution in [0.1, 0.15) is 16.2 Å². The van der Waals surface area contributed by atoms with Gasteiger partial charge in [-0.15, -0.1) is 0 Å². The number of carbonyl (C=O) groups excluding carboxylic acids is 2. The molecule has 4 nitrogen and oxygen atoms in total. The van der Waals surface area contributed by atoms with Crippen molar-refractivity contribution in [2.45, 2.75) is 0 Å². The molecule has 0 saturated heterocycles. The average molecular weight is 191 g/mol. The number of ether oxygens (including phenoxy) is 1. The van der Waals surface area contributed by atoms with Crippen LogP contribution in [-0.2, 0) is 9.53 Å². The third kappa shape index (κ3) is 2.82. The quantitative estimate of drug-likeness (QED) is 0.407.